The maximum absolute atomic E-state index is 13.9. The lowest BCUT2D eigenvalue weighted by Gasteiger charge is -2.48. The third-order valence-electron chi connectivity index (χ3n) is 8.73. The molecular formula is C31H27N3O4. The summed E-state index contributed by atoms with van der Waals surface area (Å²) in [6, 6.07) is 13.7. The van der Waals surface area contributed by atoms with Gasteiger partial charge in [0.15, 0.2) is 0 Å². The number of anilines is 1. The third-order valence-corrected chi connectivity index (χ3v) is 8.73. The normalized spacial score (nSPS) is 23.2. The number of amides is 4. The molecule has 2 atom stereocenters. The molecule has 2 fully saturated rings. The summed E-state index contributed by atoms with van der Waals surface area (Å²) in [6.45, 7) is 4.42. The summed E-state index contributed by atoms with van der Waals surface area (Å²) in [5, 5.41) is 4.16. The summed E-state index contributed by atoms with van der Waals surface area (Å²) < 4.78 is 0. The van der Waals surface area contributed by atoms with E-state index in [1.807, 2.05) is 5.01 Å². The highest BCUT2D eigenvalue weighted by atomic mass is 16.2. The first kappa shape index (κ1) is 23.0. The smallest absolute Gasteiger partial charge is 0.268 e. The highest BCUT2D eigenvalue weighted by Crippen LogP contribution is 2.42. The molecule has 38 heavy (non-hydrogen) atoms. The van der Waals surface area contributed by atoms with Gasteiger partial charge >= 0.3 is 0 Å². The molecule has 0 aromatic heterocycles. The van der Waals surface area contributed by atoms with E-state index in [1.54, 1.807) is 54.6 Å². The summed E-state index contributed by atoms with van der Waals surface area (Å²) in [6.07, 6.45) is 8.18. The maximum Gasteiger partial charge on any atom is 0.276 e. The summed E-state index contributed by atoms with van der Waals surface area (Å²) in [5.41, 5.74) is 2.68. The van der Waals surface area contributed by atoms with Gasteiger partial charge in [-0.05, 0) is 73.6 Å². The Morgan fingerprint density at radius 1 is 0.658 bits per heavy atom. The second kappa shape index (κ2) is 8.46. The number of rotatable bonds is 3. The van der Waals surface area contributed by atoms with Crippen LogP contribution in [-0.4, -0.2) is 46.2 Å². The quantitative estimate of drug-likeness (QED) is 0.443. The molecule has 3 aromatic carbocycles. The third kappa shape index (κ3) is 3.11. The van der Waals surface area contributed by atoms with Crippen molar-refractivity contribution in [2.24, 2.45) is 5.92 Å². The van der Waals surface area contributed by atoms with E-state index in [0.29, 0.717) is 51.2 Å². The van der Waals surface area contributed by atoms with Crippen LogP contribution in [0, 0.1) is 5.92 Å². The Bertz CT molecular complexity index is 1500. The monoisotopic (exact) mass is 505 g/mol. The molecule has 2 unspecified atom stereocenters. The Morgan fingerprint density at radius 2 is 1.18 bits per heavy atom. The molecule has 1 saturated carbocycles. The van der Waals surface area contributed by atoms with Crippen molar-refractivity contribution in [3.8, 4) is 0 Å². The minimum Gasteiger partial charge on any atom is -0.268 e. The highest BCUT2D eigenvalue weighted by Gasteiger charge is 2.45. The molecule has 1 saturated heterocycles. The van der Waals surface area contributed by atoms with Crippen molar-refractivity contribution < 1.29 is 19.2 Å². The van der Waals surface area contributed by atoms with Crippen LogP contribution >= 0.6 is 0 Å². The van der Waals surface area contributed by atoms with E-state index in [0.717, 1.165) is 42.6 Å². The SMILES string of the molecule is C=Cc1ccc(N2C(=O)c3ccc4c5c(ccc(c35)C2=O)C(=O)N(N2CCCC3CCCCC32)C4=O)cc1. The number of hydrazine groups is 1. The van der Waals surface area contributed by atoms with Crippen LogP contribution in [0.5, 0.6) is 0 Å². The highest BCUT2D eigenvalue weighted by molar-refractivity contribution is 6.39. The van der Waals surface area contributed by atoms with Crippen LogP contribution in [0.4, 0.5) is 5.69 Å². The van der Waals surface area contributed by atoms with Gasteiger partial charge in [0.2, 0.25) is 0 Å². The van der Waals surface area contributed by atoms with Crippen molar-refractivity contribution in [1.29, 1.82) is 0 Å². The number of piperidine rings is 1. The van der Waals surface area contributed by atoms with Gasteiger partial charge in [0, 0.05) is 34.5 Å². The van der Waals surface area contributed by atoms with Gasteiger partial charge in [0.25, 0.3) is 23.6 Å². The van der Waals surface area contributed by atoms with Crippen LogP contribution in [0.2, 0.25) is 0 Å². The van der Waals surface area contributed by atoms with Gasteiger partial charge in [0.05, 0.1) is 16.8 Å². The number of nitrogens with zero attached hydrogens (tertiary/aromatic N) is 3. The number of carbonyl (C=O) groups excluding carboxylic acids is 4. The van der Waals surface area contributed by atoms with E-state index in [4.69, 9.17) is 0 Å². The van der Waals surface area contributed by atoms with Gasteiger partial charge in [-0.2, -0.15) is 0 Å². The second-order valence-electron chi connectivity index (χ2n) is 10.7. The van der Waals surface area contributed by atoms with Crippen molar-refractivity contribution >= 4 is 46.2 Å². The average molecular weight is 506 g/mol. The number of fused-ring (bicyclic) bond motifs is 1. The van der Waals surface area contributed by atoms with Crippen LogP contribution < -0.4 is 4.90 Å². The molecule has 7 nitrogen and oxygen atoms in total. The van der Waals surface area contributed by atoms with Gasteiger partial charge in [-0.25, -0.2) is 14.9 Å². The standard InChI is InChI=1S/C31H27N3O4/c1-2-18-9-11-20(12-10-18)33-28(35)21-13-15-23-27-24(16-14-22(26(21)27)29(33)36)31(38)34(30(23)37)32-17-5-7-19-6-3-4-8-25(19)32/h2,9-16,19,25H,1,3-8,17H2. The molecule has 0 bridgehead atoms. The Hall–Kier alpha value is -4.10. The van der Waals surface area contributed by atoms with E-state index in [1.165, 1.54) is 11.4 Å². The lowest BCUT2D eigenvalue weighted by molar-refractivity contribution is -0.0672. The van der Waals surface area contributed by atoms with E-state index < -0.39 is 11.8 Å². The molecule has 0 N–H and O–H groups in total. The van der Waals surface area contributed by atoms with Crippen molar-refractivity contribution in [1.82, 2.24) is 10.0 Å². The number of hydrogen-bond donors (Lipinski definition) is 0. The molecule has 3 aliphatic heterocycles. The molecule has 4 aliphatic rings. The van der Waals surface area contributed by atoms with Crippen LogP contribution in [0.15, 0.2) is 55.1 Å². The Labute approximate surface area is 220 Å². The van der Waals surface area contributed by atoms with Gasteiger partial charge < -0.3 is 0 Å². The van der Waals surface area contributed by atoms with Crippen LogP contribution in [0.1, 0.15) is 85.5 Å². The van der Waals surface area contributed by atoms with Crippen LogP contribution in [0.25, 0.3) is 16.8 Å². The van der Waals surface area contributed by atoms with Crippen molar-refractivity contribution in [2.75, 3.05) is 11.4 Å². The predicted octanol–water partition coefficient (Wildman–Crippen LogP) is 5.45. The Balaban J connectivity index is 1.34. The topological polar surface area (TPSA) is 78.0 Å². The fourth-order valence-electron chi connectivity index (χ4n) is 6.94. The molecule has 3 heterocycles. The minimum atomic E-state index is -0.471. The molecular weight excluding hydrogens is 478 g/mol. The predicted molar refractivity (Wildman–Crippen MR) is 144 cm³/mol. The first-order chi connectivity index (χ1) is 18.5. The number of carbonyl (C=O) groups is 4. The molecule has 7 heteroatoms. The Kier molecular flexibility index (Phi) is 5.13. The fourth-order valence-corrected chi connectivity index (χ4v) is 6.94. The molecule has 3 aromatic rings. The summed E-state index contributed by atoms with van der Waals surface area (Å²) in [7, 11) is 0. The van der Waals surface area contributed by atoms with E-state index in [-0.39, 0.29) is 17.9 Å². The van der Waals surface area contributed by atoms with E-state index in [2.05, 4.69) is 6.58 Å². The lowest BCUT2D eigenvalue weighted by atomic mass is 9.79. The zero-order valence-electron chi connectivity index (χ0n) is 21.0. The minimum absolute atomic E-state index is 0.184. The van der Waals surface area contributed by atoms with Gasteiger partial charge in [0.1, 0.15) is 0 Å². The van der Waals surface area contributed by atoms with Gasteiger partial charge in [-0.15, -0.1) is 0 Å². The molecule has 0 radical (unpaired) electrons. The van der Waals surface area contributed by atoms with Gasteiger partial charge in [-0.1, -0.05) is 37.6 Å². The summed E-state index contributed by atoms with van der Waals surface area (Å²) in [5.74, 6) is -1.20. The largest absolute Gasteiger partial charge is 0.276 e. The second-order valence-corrected chi connectivity index (χ2v) is 10.7. The number of hydrogen-bond acceptors (Lipinski definition) is 5. The van der Waals surface area contributed by atoms with Crippen molar-refractivity contribution in [3.05, 3.63) is 82.9 Å². The molecule has 0 spiro atoms. The van der Waals surface area contributed by atoms with Crippen LogP contribution in [-0.2, 0) is 0 Å². The first-order valence-corrected chi connectivity index (χ1v) is 13.4. The van der Waals surface area contributed by atoms with Crippen LogP contribution in [0.3, 0.4) is 0 Å². The number of benzene rings is 3. The van der Waals surface area contributed by atoms with Gasteiger partial charge in [-0.3, -0.25) is 19.2 Å². The molecule has 190 valence electrons. The van der Waals surface area contributed by atoms with Crippen molar-refractivity contribution in [2.45, 2.75) is 44.6 Å². The van der Waals surface area contributed by atoms with E-state index in [9.17, 15) is 19.2 Å². The number of imide groups is 2. The van der Waals surface area contributed by atoms with Crippen molar-refractivity contribution in [3.63, 3.8) is 0 Å². The summed E-state index contributed by atoms with van der Waals surface area (Å²) in [4.78, 5) is 56.2. The zero-order chi connectivity index (χ0) is 26.1. The van der Waals surface area contributed by atoms with E-state index >= 15 is 0 Å². The maximum atomic E-state index is 13.9. The fraction of sp³-hybridized carbons (Fsp3) is 0.290. The Morgan fingerprint density at radius 3 is 1.76 bits per heavy atom. The zero-order valence-corrected chi connectivity index (χ0v) is 21.0. The average Bonchev–Trinajstić information content (AvgIpc) is 2.95. The molecule has 7 rings (SSSR count). The molecule has 4 amide bonds. The summed E-state index contributed by atoms with van der Waals surface area (Å²) >= 11 is 0. The lowest BCUT2D eigenvalue weighted by Crippen LogP contribution is -2.60. The molecule has 1 aliphatic carbocycles. The first-order valence-electron chi connectivity index (χ1n) is 13.4.